The lowest BCUT2D eigenvalue weighted by atomic mass is 9.62. The maximum absolute atomic E-state index is 15.9. The summed E-state index contributed by atoms with van der Waals surface area (Å²) in [5, 5.41) is 3.54. The number of carbonyl (C=O) groups is 3. The molecule has 4 atom stereocenters. The van der Waals surface area contributed by atoms with Crippen LogP contribution in [0.15, 0.2) is 54.6 Å². The number of anilines is 2. The monoisotopic (exact) mass is 612 g/mol. The SMILES string of the molecule is COc1cc(C(N)=O)ccc1N1C(=O)[C@]2(c3ccc(Cl)cc31)[C@H](CC(C)(C)C)N[C@@H](C(N)=O)[C@@H]2c1cccc(Cl)c1F. The number of nitrogens with zero attached hydrogens (tertiary/aromatic N) is 1. The van der Waals surface area contributed by atoms with Crippen molar-refractivity contribution in [3.05, 3.63) is 87.2 Å². The van der Waals surface area contributed by atoms with Gasteiger partial charge in [0.25, 0.3) is 0 Å². The molecule has 0 aliphatic carbocycles. The van der Waals surface area contributed by atoms with Crippen LogP contribution < -0.4 is 26.4 Å². The topological polar surface area (TPSA) is 128 Å². The van der Waals surface area contributed by atoms with Gasteiger partial charge in [0.2, 0.25) is 17.7 Å². The molecule has 2 heterocycles. The second-order valence-corrected chi connectivity index (χ2v) is 12.8. The first-order valence-electron chi connectivity index (χ1n) is 13.3. The molecule has 5 N–H and O–H groups in total. The molecule has 0 bridgehead atoms. The number of hydrogen-bond donors (Lipinski definition) is 3. The molecule has 220 valence electrons. The summed E-state index contributed by atoms with van der Waals surface area (Å²) in [6.07, 6.45) is 0.425. The summed E-state index contributed by atoms with van der Waals surface area (Å²) in [6.45, 7) is 6.04. The molecule has 5 rings (SSSR count). The molecule has 0 aromatic heterocycles. The third-order valence-electron chi connectivity index (χ3n) is 8.10. The Morgan fingerprint density at radius 3 is 2.40 bits per heavy atom. The van der Waals surface area contributed by atoms with Gasteiger partial charge >= 0.3 is 0 Å². The molecule has 3 aromatic carbocycles. The van der Waals surface area contributed by atoms with Crippen molar-refractivity contribution in [2.75, 3.05) is 12.0 Å². The Hall–Kier alpha value is -3.66. The van der Waals surface area contributed by atoms with Crippen molar-refractivity contribution >= 4 is 52.3 Å². The Morgan fingerprint density at radius 2 is 1.79 bits per heavy atom. The molecule has 0 unspecified atom stereocenters. The molecule has 0 radical (unpaired) electrons. The van der Waals surface area contributed by atoms with Gasteiger partial charge in [0.1, 0.15) is 17.0 Å². The van der Waals surface area contributed by atoms with E-state index in [9.17, 15) is 9.59 Å². The third kappa shape index (κ3) is 4.60. The molecule has 1 fully saturated rings. The van der Waals surface area contributed by atoms with E-state index in [1.54, 1.807) is 30.3 Å². The highest BCUT2D eigenvalue weighted by Gasteiger charge is 2.68. The average Bonchev–Trinajstić information content (AvgIpc) is 3.36. The average molecular weight is 614 g/mol. The van der Waals surface area contributed by atoms with Gasteiger partial charge < -0.3 is 21.5 Å². The highest BCUT2D eigenvalue weighted by molar-refractivity contribution is 6.31. The highest BCUT2D eigenvalue weighted by Crippen LogP contribution is 2.60. The summed E-state index contributed by atoms with van der Waals surface area (Å²) in [5.74, 6) is -3.45. The molecular weight excluding hydrogens is 582 g/mol. The van der Waals surface area contributed by atoms with Crippen molar-refractivity contribution < 1.29 is 23.5 Å². The summed E-state index contributed by atoms with van der Waals surface area (Å²) >= 11 is 12.7. The number of fused-ring (bicyclic) bond motifs is 2. The van der Waals surface area contributed by atoms with Gasteiger partial charge in [0.15, 0.2) is 0 Å². The third-order valence-corrected chi connectivity index (χ3v) is 8.63. The van der Waals surface area contributed by atoms with Crippen LogP contribution in [0.25, 0.3) is 0 Å². The van der Waals surface area contributed by atoms with Crippen molar-refractivity contribution in [1.29, 1.82) is 0 Å². The first-order chi connectivity index (χ1) is 19.7. The fourth-order valence-corrected chi connectivity index (χ4v) is 6.88. The number of amides is 3. The minimum atomic E-state index is -1.52. The smallest absolute Gasteiger partial charge is 0.248 e. The lowest BCUT2D eigenvalue weighted by Gasteiger charge is -2.38. The predicted molar refractivity (Wildman–Crippen MR) is 160 cm³/mol. The van der Waals surface area contributed by atoms with Gasteiger partial charge in [0.05, 0.1) is 29.5 Å². The quantitative estimate of drug-likeness (QED) is 0.352. The number of halogens is 3. The number of nitrogens with two attached hydrogens (primary N) is 2. The zero-order valence-corrected chi connectivity index (χ0v) is 25.0. The zero-order valence-electron chi connectivity index (χ0n) is 23.5. The maximum atomic E-state index is 15.9. The fourth-order valence-electron chi connectivity index (χ4n) is 6.53. The van der Waals surface area contributed by atoms with Crippen molar-refractivity contribution in [3.63, 3.8) is 0 Å². The van der Waals surface area contributed by atoms with Crippen molar-refractivity contribution in [1.82, 2.24) is 5.32 Å². The van der Waals surface area contributed by atoms with Crippen LogP contribution in [-0.4, -0.2) is 36.9 Å². The van der Waals surface area contributed by atoms with Crippen LogP contribution in [0.1, 0.15) is 54.6 Å². The summed E-state index contributed by atoms with van der Waals surface area (Å²) in [6, 6.07) is 12.3. The van der Waals surface area contributed by atoms with E-state index in [4.69, 9.17) is 39.4 Å². The number of primary amides is 2. The Bertz CT molecular complexity index is 1620. The second kappa shape index (κ2) is 10.6. The Kier molecular flexibility index (Phi) is 7.50. The van der Waals surface area contributed by atoms with E-state index in [0.29, 0.717) is 28.4 Å². The summed E-state index contributed by atoms with van der Waals surface area (Å²) in [7, 11) is 1.41. The van der Waals surface area contributed by atoms with Gasteiger partial charge in [0, 0.05) is 22.5 Å². The van der Waals surface area contributed by atoms with Crippen LogP contribution in [0.3, 0.4) is 0 Å². The largest absolute Gasteiger partial charge is 0.495 e. The van der Waals surface area contributed by atoms with Crippen LogP contribution >= 0.6 is 23.2 Å². The fraction of sp³-hybridized carbons (Fsp3) is 0.323. The van der Waals surface area contributed by atoms with Crippen molar-refractivity contribution in [2.24, 2.45) is 16.9 Å². The first-order valence-corrected chi connectivity index (χ1v) is 14.1. The Morgan fingerprint density at radius 1 is 1.07 bits per heavy atom. The van der Waals surface area contributed by atoms with Crippen LogP contribution in [0, 0.1) is 11.2 Å². The van der Waals surface area contributed by atoms with Gasteiger partial charge in [-0.15, -0.1) is 0 Å². The number of carbonyl (C=O) groups excluding carboxylic acids is 3. The molecule has 1 spiro atoms. The number of rotatable bonds is 6. The zero-order chi connectivity index (χ0) is 30.7. The van der Waals surface area contributed by atoms with Crippen LogP contribution in [0.5, 0.6) is 5.75 Å². The molecule has 3 aromatic rings. The van der Waals surface area contributed by atoms with E-state index in [-0.39, 0.29) is 27.3 Å². The molecule has 2 aliphatic rings. The van der Waals surface area contributed by atoms with E-state index >= 15 is 9.18 Å². The molecule has 2 aliphatic heterocycles. The molecule has 11 heteroatoms. The molecule has 42 heavy (non-hydrogen) atoms. The van der Waals surface area contributed by atoms with Crippen LogP contribution in [0.2, 0.25) is 10.0 Å². The first kappa shape index (κ1) is 29.8. The normalized spacial score (nSPS) is 23.4. The Balaban J connectivity index is 1.87. The maximum Gasteiger partial charge on any atom is 0.248 e. The minimum Gasteiger partial charge on any atom is -0.495 e. The molecular formula is C31H31Cl2FN4O4. The number of ether oxygens (including phenoxy) is 1. The number of benzene rings is 3. The van der Waals surface area contributed by atoms with Gasteiger partial charge in [-0.2, -0.15) is 0 Å². The molecule has 1 saturated heterocycles. The van der Waals surface area contributed by atoms with Gasteiger partial charge in [-0.25, -0.2) is 4.39 Å². The van der Waals surface area contributed by atoms with Gasteiger partial charge in [-0.05, 0) is 59.4 Å². The van der Waals surface area contributed by atoms with E-state index in [1.165, 1.54) is 36.3 Å². The van der Waals surface area contributed by atoms with Gasteiger partial charge in [-0.3, -0.25) is 19.3 Å². The standard InChI is InChI=1S/C31H31Cl2FN4O4/c1-30(2,3)14-23-31(24(26(37-23)28(36)40)17-6-5-7-19(33)25(17)34)18-10-9-16(32)13-21(18)38(29(31)41)20-11-8-15(27(35)39)12-22(20)42-4/h5-13,23-24,26,37H,14H2,1-4H3,(H2,35,39)(H2,36,40)/t23-,24-,26+,31+/m0/s1. The highest BCUT2D eigenvalue weighted by atomic mass is 35.5. The van der Waals surface area contributed by atoms with Gasteiger partial charge in [-0.1, -0.05) is 62.2 Å². The van der Waals surface area contributed by atoms with E-state index in [2.05, 4.69) is 5.32 Å². The Labute approximate surface area is 253 Å². The number of methoxy groups -OCH3 is 1. The second-order valence-electron chi connectivity index (χ2n) is 11.9. The molecule has 8 nitrogen and oxygen atoms in total. The lowest BCUT2D eigenvalue weighted by molar-refractivity contribution is -0.124. The summed E-state index contributed by atoms with van der Waals surface area (Å²) < 4.78 is 21.5. The molecule has 3 amide bonds. The number of hydrogen-bond acceptors (Lipinski definition) is 5. The molecule has 0 saturated carbocycles. The summed E-state index contributed by atoms with van der Waals surface area (Å²) in [4.78, 5) is 41.6. The lowest BCUT2D eigenvalue weighted by Crippen LogP contribution is -2.51. The van der Waals surface area contributed by atoms with E-state index < -0.39 is 47.0 Å². The van der Waals surface area contributed by atoms with E-state index in [0.717, 1.165) is 0 Å². The minimum absolute atomic E-state index is 0.0855. The summed E-state index contributed by atoms with van der Waals surface area (Å²) in [5.41, 5.74) is 11.1. The van der Waals surface area contributed by atoms with E-state index in [1.807, 2.05) is 20.8 Å². The van der Waals surface area contributed by atoms with Crippen molar-refractivity contribution in [3.8, 4) is 5.75 Å². The van der Waals surface area contributed by atoms with Crippen molar-refractivity contribution in [2.45, 2.75) is 50.6 Å². The number of nitrogens with one attached hydrogen (secondary N) is 1. The van der Waals surface area contributed by atoms with Crippen LogP contribution in [-0.2, 0) is 15.0 Å². The van der Waals surface area contributed by atoms with Crippen LogP contribution in [0.4, 0.5) is 15.8 Å². The predicted octanol–water partition coefficient (Wildman–Crippen LogP) is 5.20.